The Balaban J connectivity index is 1.59. The number of ether oxygens (including phenoxy) is 2. The van der Waals surface area contributed by atoms with Crippen LogP contribution in [0.15, 0.2) is 36.4 Å². The number of para-hydroxylation sites is 1. The third-order valence-electron chi connectivity index (χ3n) is 4.65. The first-order valence-corrected chi connectivity index (χ1v) is 9.07. The first-order chi connectivity index (χ1) is 11.7. The molecule has 1 aliphatic carbocycles. The molecule has 1 heterocycles. The number of nitrogens with one attached hydrogen (secondary N) is 1. The standard InChI is InChI=1S/C19H19Cl2NO2/c20-12-7-8-15(17(21)9-12)16-5-2-6-18-19(16)24-14(11-23-18)10-22-13-3-1-4-13/h2,5-9,13-14,22H,1,3-4,10-11H2. The van der Waals surface area contributed by atoms with Crippen molar-refractivity contribution in [1.82, 2.24) is 5.32 Å². The molecule has 24 heavy (non-hydrogen) atoms. The summed E-state index contributed by atoms with van der Waals surface area (Å²) in [6.07, 6.45) is 3.85. The molecular weight excluding hydrogens is 345 g/mol. The van der Waals surface area contributed by atoms with Crippen molar-refractivity contribution in [3.05, 3.63) is 46.4 Å². The van der Waals surface area contributed by atoms with E-state index >= 15 is 0 Å². The van der Waals surface area contributed by atoms with Crippen molar-refractivity contribution in [1.29, 1.82) is 0 Å². The molecule has 0 radical (unpaired) electrons. The third kappa shape index (κ3) is 3.21. The summed E-state index contributed by atoms with van der Waals surface area (Å²) in [5, 5.41) is 4.77. The van der Waals surface area contributed by atoms with Gasteiger partial charge in [-0.1, -0.05) is 47.8 Å². The minimum absolute atomic E-state index is 0.00493. The van der Waals surface area contributed by atoms with E-state index in [4.69, 9.17) is 32.7 Å². The van der Waals surface area contributed by atoms with Crippen molar-refractivity contribution in [2.75, 3.05) is 13.2 Å². The smallest absolute Gasteiger partial charge is 0.169 e. The van der Waals surface area contributed by atoms with Crippen LogP contribution in [0.25, 0.3) is 11.1 Å². The highest BCUT2D eigenvalue weighted by atomic mass is 35.5. The first kappa shape index (κ1) is 16.1. The maximum atomic E-state index is 6.38. The van der Waals surface area contributed by atoms with E-state index in [1.807, 2.05) is 30.3 Å². The Bertz CT molecular complexity index is 746. The Hall–Kier alpha value is -1.42. The zero-order valence-corrected chi connectivity index (χ0v) is 14.7. The van der Waals surface area contributed by atoms with Crippen LogP contribution in [-0.4, -0.2) is 25.3 Å². The molecule has 4 rings (SSSR count). The Morgan fingerprint density at radius 3 is 2.71 bits per heavy atom. The molecule has 0 spiro atoms. The van der Waals surface area contributed by atoms with Gasteiger partial charge in [0, 0.05) is 28.7 Å². The van der Waals surface area contributed by atoms with E-state index in [0.717, 1.165) is 29.2 Å². The van der Waals surface area contributed by atoms with Gasteiger partial charge in [0.25, 0.3) is 0 Å². The zero-order valence-electron chi connectivity index (χ0n) is 13.2. The predicted molar refractivity (Wildman–Crippen MR) is 97.5 cm³/mol. The summed E-state index contributed by atoms with van der Waals surface area (Å²) in [5.41, 5.74) is 1.83. The topological polar surface area (TPSA) is 30.5 Å². The van der Waals surface area contributed by atoms with E-state index in [1.165, 1.54) is 19.3 Å². The van der Waals surface area contributed by atoms with Gasteiger partial charge in [-0.3, -0.25) is 0 Å². The second kappa shape index (κ2) is 6.83. The Morgan fingerprint density at radius 2 is 1.96 bits per heavy atom. The van der Waals surface area contributed by atoms with Gasteiger partial charge in [-0.05, 0) is 31.0 Å². The SMILES string of the molecule is Clc1ccc(-c2cccc3c2OC(CNC2CCC2)CO3)c(Cl)c1. The largest absolute Gasteiger partial charge is 0.486 e. The summed E-state index contributed by atoms with van der Waals surface area (Å²) in [6, 6.07) is 12.0. The second-order valence-corrected chi connectivity index (χ2v) is 7.19. The molecule has 2 aromatic carbocycles. The number of hydrogen-bond donors (Lipinski definition) is 1. The van der Waals surface area contributed by atoms with Gasteiger partial charge < -0.3 is 14.8 Å². The van der Waals surface area contributed by atoms with Crippen molar-refractivity contribution in [2.24, 2.45) is 0 Å². The maximum Gasteiger partial charge on any atom is 0.169 e. The molecule has 1 aliphatic heterocycles. The van der Waals surface area contributed by atoms with Crippen LogP contribution < -0.4 is 14.8 Å². The Morgan fingerprint density at radius 1 is 1.08 bits per heavy atom. The molecule has 0 saturated heterocycles. The van der Waals surface area contributed by atoms with Gasteiger partial charge in [-0.15, -0.1) is 0 Å². The Kier molecular flexibility index (Phi) is 4.57. The van der Waals surface area contributed by atoms with Crippen LogP contribution in [0.1, 0.15) is 19.3 Å². The third-order valence-corrected chi connectivity index (χ3v) is 5.20. The van der Waals surface area contributed by atoms with Gasteiger partial charge in [0.2, 0.25) is 0 Å². The lowest BCUT2D eigenvalue weighted by atomic mass is 9.93. The minimum atomic E-state index is 0.00493. The van der Waals surface area contributed by atoms with Gasteiger partial charge in [0.15, 0.2) is 11.5 Å². The number of fused-ring (bicyclic) bond motifs is 1. The highest BCUT2D eigenvalue weighted by molar-refractivity contribution is 6.36. The lowest BCUT2D eigenvalue weighted by Crippen LogP contribution is -2.44. The molecule has 0 aromatic heterocycles. The van der Waals surface area contributed by atoms with Crippen molar-refractivity contribution in [2.45, 2.75) is 31.4 Å². The molecule has 0 bridgehead atoms. The molecule has 5 heteroatoms. The fraction of sp³-hybridized carbons (Fsp3) is 0.368. The summed E-state index contributed by atoms with van der Waals surface area (Å²) in [7, 11) is 0. The lowest BCUT2D eigenvalue weighted by molar-refractivity contribution is 0.0860. The lowest BCUT2D eigenvalue weighted by Gasteiger charge is -2.32. The number of hydrogen-bond acceptors (Lipinski definition) is 3. The van der Waals surface area contributed by atoms with Crippen LogP contribution in [-0.2, 0) is 0 Å². The van der Waals surface area contributed by atoms with E-state index in [2.05, 4.69) is 5.32 Å². The zero-order chi connectivity index (χ0) is 16.5. The van der Waals surface area contributed by atoms with Crippen LogP contribution in [0, 0.1) is 0 Å². The van der Waals surface area contributed by atoms with Crippen LogP contribution in [0.3, 0.4) is 0 Å². The highest BCUT2D eigenvalue weighted by Gasteiger charge is 2.26. The fourth-order valence-corrected chi connectivity index (χ4v) is 3.58. The van der Waals surface area contributed by atoms with Crippen molar-refractivity contribution in [3.8, 4) is 22.6 Å². The summed E-state index contributed by atoms with van der Waals surface area (Å²) in [5.74, 6) is 1.52. The molecule has 2 aromatic rings. The predicted octanol–water partition coefficient (Wildman–Crippen LogP) is 4.94. The molecular formula is C19H19Cl2NO2. The molecule has 0 amide bonds. The monoisotopic (exact) mass is 363 g/mol. The number of halogens is 2. The normalized spacial score (nSPS) is 19.8. The van der Waals surface area contributed by atoms with Crippen LogP contribution in [0.5, 0.6) is 11.5 Å². The highest BCUT2D eigenvalue weighted by Crippen LogP contribution is 2.43. The minimum Gasteiger partial charge on any atom is -0.486 e. The summed E-state index contributed by atoms with van der Waals surface area (Å²) in [4.78, 5) is 0. The number of rotatable bonds is 4. The quantitative estimate of drug-likeness (QED) is 0.833. The summed E-state index contributed by atoms with van der Waals surface area (Å²) >= 11 is 12.4. The fourth-order valence-electron chi connectivity index (χ4n) is 3.07. The van der Waals surface area contributed by atoms with E-state index in [1.54, 1.807) is 6.07 Å². The molecule has 1 N–H and O–H groups in total. The van der Waals surface area contributed by atoms with Gasteiger partial charge in [0.1, 0.15) is 12.7 Å². The van der Waals surface area contributed by atoms with Crippen molar-refractivity contribution >= 4 is 23.2 Å². The van der Waals surface area contributed by atoms with Crippen LogP contribution in [0.2, 0.25) is 10.0 Å². The first-order valence-electron chi connectivity index (χ1n) is 8.32. The summed E-state index contributed by atoms with van der Waals surface area (Å²) < 4.78 is 12.2. The van der Waals surface area contributed by atoms with E-state index in [9.17, 15) is 0 Å². The van der Waals surface area contributed by atoms with E-state index < -0.39 is 0 Å². The molecule has 1 unspecified atom stereocenters. The maximum absolute atomic E-state index is 6.38. The molecule has 1 fully saturated rings. The van der Waals surface area contributed by atoms with E-state index in [0.29, 0.717) is 22.7 Å². The molecule has 3 nitrogen and oxygen atoms in total. The molecule has 2 aliphatic rings. The van der Waals surface area contributed by atoms with Gasteiger partial charge in [-0.2, -0.15) is 0 Å². The van der Waals surface area contributed by atoms with Crippen LogP contribution in [0.4, 0.5) is 0 Å². The van der Waals surface area contributed by atoms with Crippen LogP contribution >= 0.6 is 23.2 Å². The van der Waals surface area contributed by atoms with Gasteiger partial charge in [0.05, 0.1) is 5.02 Å². The molecule has 1 atom stereocenters. The van der Waals surface area contributed by atoms with Gasteiger partial charge >= 0.3 is 0 Å². The van der Waals surface area contributed by atoms with Gasteiger partial charge in [-0.25, -0.2) is 0 Å². The molecule has 1 saturated carbocycles. The Labute approximate surface area is 151 Å². The summed E-state index contributed by atoms with van der Waals surface area (Å²) in [6.45, 7) is 1.36. The second-order valence-electron chi connectivity index (χ2n) is 6.34. The molecule has 126 valence electrons. The van der Waals surface area contributed by atoms with Crippen molar-refractivity contribution < 1.29 is 9.47 Å². The van der Waals surface area contributed by atoms with Crippen molar-refractivity contribution in [3.63, 3.8) is 0 Å². The number of benzene rings is 2. The average Bonchev–Trinajstić information content (AvgIpc) is 2.53. The van der Waals surface area contributed by atoms with E-state index in [-0.39, 0.29) is 6.10 Å². The average molecular weight is 364 g/mol.